The molecule has 0 aliphatic carbocycles. The van der Waals surface area contributed by atoms with Crippen LogP contribution in [0.1, 0.15) is 21.7 Å². The maximum Gasteiger partial charge on any atom is 0.291 e. The third-order valence-electron chi connectivity index (χ3n) is 5.40. The molecule has 160 valence electrons. The number of furan rings is 1. The quantitative estimate of drug-likeness (QED) is 0.544. The highest BCUT2D eigenvalue weighted by Gasteiger charge is 2.28. The lowest BCUT2D eigenvalue weighted by atomic mass is 10.1. The monoisotopic (exact) mass is 435 g/mol. The van der Waals surface area contributed by atoms with Crippen molar-refractivity contribution in [2.24, 2.45) is 0 Å². The second-order valence-electron chi connectivity index (χ2n) is 7.97. The molecule has 0 bridgehead atoms. The number of rotatable bonds is 6. The van der Waals surface area contributed by atoms with Crippen LogP contribution in [0.2, 0.25) is 13.1 Å². The lowest BCUT2D eigenvalue weighted by molar-refractivity contribution is 0.0991. The Morgan fingerprint density at radius 3 is 2.39 bits per heavy atom. The first-order chi connectivity index (χ1) is 14.8. The minimum atomic E-state index is -1.59. The van der Waals surface area contributed by atoms with Gasteiger partial charge in [-0.25, -0.2) is 0 Å². The molecule has 2 aromatic carbocycles. The van der Waals surface area contributed by atoms with Crippen molar-refractivity contribution in [1.29, 1.82) is 0 Å². The summed E-state index contributed by atoms with van der Waals surface area (Å²) in [6, 6.07) is 12.7. The van der Waals surface area contributed by atoms with Crippen molar-refractivity contribution >= 4 is 30.9 Å². The van der Waals surface area contributed by atoms with Crippen LogP contribution in [0, 0.1) is 6.92 Å². The first-order valence-electron chi connectivity index (χ1n) is 9.97. The number of hydrogen-bond acceptors (Lipinski definition) is 5. The van der Waals surface area contributed by atoms with Gasteiger partial charge in [-0.1, -0.05) is 30.9 Å². The summed E-state index contributed by atoms with van der Waals surface area (Å²) < 4.78 is 22.3. The van der Waals surface area contributed by atoms with Gasteiger partial charge in [-0.05, 0) is 53.6 Å². The number of amides is 1. The molecule has 4 rings (SSSR count). The number of benzene rings is 2. The zero-order valence-corrected chi connectivity index (χ0v) is 19.2. The van der Waals surface area contributed by atoms with E-state index in [0.29, 0.717) is 17.2 Å². The standard InChI is InChI=1S/C24H25NO5Si/c1-15-13-16-11-12-31(4,5)21(16)14-20(15)30-22-10-9-19(29-22)24(26)25-23-17(27-2)7-6-8-18(23)28-3/h6-14H,1-5H3,(H,25,26). The van der Waals surface area contributed by atoms with Gasteiger partial charge in [0.15, 0.2) is 5.76 Å². The number of ether oxygens (including phenoxy) is 3. The van der Waals surface area contributed by atoms with E-state index in [0.717, 1.165) is 11.3 Å². The van der Waals surface area contributed by atoms with Gasteiger partial charge in [0.25, 0.3) is 11.9 Å². The second-order valence-corrected chi connectivity index (χ2v) is 12.3. The molecule has 0 saturated heterocycles. The summed E-state index contributed by atoms with van der Waals surface area (Å²) in [5.74, 6) is 1.66. The molecule has 0 atom stereocenters. The van der Waals surface area contributed by atoms with Crippen molar-refractivity contribution in [3.05, 3.63) is 65.1 Å². The number of para-hydroxylation sites is 1. The van der Waals surface area contributed by atoms with Gasteiger partial charge >= 0.3 is 0 Å². The number of hydrogen-bond donors (Lipinski definition) is 1. The molecule has 1 N–H and O–H groups in total. The lowest BCUT2D eigenvalue weighted by Crippen LogP contribution is -2.37. The molecule has 0 unspecified atom stereocenters. The average Bonchev–Trinajstić information content (AvgIpc) is 3.33. The van der Waals surface area contributed by atoms with E-state index in [4.69, 9.17) is 18.6 Å². The predicted molar refractivity (Wildman–Crippen MR) is 124 cm³/mol. The molecule has 0 saturated carbocycles. The summed E-state index contributed by atoms with van der Waals surface area (Å²) in [6.45, 7) is 6.60. The summed E-state index contributed by atoms with van der Waals surface area (Å²) in [6.07, 6.45) is 2.19. The van der Waals surface area contributed by atoms with Gasteiger partial charge in [0.2, 0.25) is 0 Å². The van der Waals surface area contributed by atoms with Crippen molar-refractivity contribution in [2.75, 3.05) is 19.5 Å². The molecule has 1 amide bonds. The fourth-order valence-electron chi connectivity index (χ4n) is 3.66. The number of carbonyl (C=O) groups excluding carboxylic acids is 1. The molecule has 7 heteroatoms. The Labute approximate surface area is 182 Å². The van der Waals surface area contributed by atoms with E-state index in [1.807, 2.05) is 6.92 Å². The van der Waals surface area contributed by atoms with Gasteiger partial charge in [-0.3, -0.25) is 4.79 Å². The highest BCUT2D eigenvalue weighted by atomic mass is 28.3. The first-order valence-corrected chi connectivity index (χ1v) is 13.0. The van der Waals surface area contributed by atoms with Gasteiger partial charge < -0.3 is 23.9 Å². The topological polar surface area (TPSA) is 69.9 Å². The molecule has 1 aromatic heterocycles. The van der Waals surface area contributed by atoms with Crippen LogP contribution in [0.3, 0.4) is 0 Å². The van der Waals surface area contributed by atoms with E-state index in [1.54, 1.807) is 30.3 Å². The number of methoxy groups -OCH3 is 2. The minimum absolute atomic E-state index is 0.123. The smallest absolute Gasteiger partial charge is 0.291 e. The first kappa shape index (κ1) is 20.8. The van der Waals surface area contributed by atoms with E-state index >= 15 is 0 Å². The van der Waals surface area contributed by atoms with E-state index < -0.39 is 14.0 Å². The van der Waals surface area contributed by atoms with E-state index in [1.165, 1.54) is 25.0 Å². The zero-order valence-electron chi connectivity index (χ0n) is 18.2. The fraction of sp³-hybridized carbons (Fsp3) is 0.208. The van der Waals surface area contributed by atoms with Gasteiger partial charge in [0.05, 0.1) is 14.2 Å². The van der Waals surface area contributed by atoms with Crippen molar-refractivity contribution in [1.82, 2.24) is 0 Å². The Hall–Kier alpha value is -3.45. The predicted octanol–water partition coefficient (Wildman–Crippen LogP) is 5.13. The molecule has 31 heavy (non-hydrogen) atoms. The number of aryl methyl sites for hydroxylation is 1. The normalized spacial score (nSPS) is 13.6. The number of fused-ring (bicyclic) bond motifs is 1. The van der Waals surface area contributed by atoms with Crippen molar-refractivity contribution in [3.63, 3.8) is 0 Å². The highest BCUT2D eigenvalue weighted by Crippen LogP contribution is 2.35. The molecular weight excluding hydrogens is 410 g/mol. The summed E-state index contributed by atoms with van der Waals surface area (Å²) in [7, 11) is 1.47. The highest BCUT2D eigenvalue weighted by molar-refractivity contribution is 6.96. The Morgan fingerprint density at radius 2 is 1.71 bits per heavy atom. The molecule has 3 aromatic rings. The average molecular weight is 436 g/mol. The largest absolute Gasteiger partial charge is 0.494 e. The number of nitrogens with one attached hydrogen (secondary N) is 1. The van der Waals surface area contributed by atoms with Crippen molar-refractivity contribution in [2.45, 2.75) is 20.0 Å². The molecule has 0 spiro atoms. The van der Waals surface area contributed by atoms with Crippen molar-refractivity contribution in [3.8, 4) is 23.2 Å². The molecule has 0 radical (unpaired) electrons. The van der Waals surface area contributed by atoms with Crippen LogP contribution >= 0.6 is 0 Å². The molecule has 6 nitrogen and oxygen atoms in total. The Bertz CT molecular complexity index is 1160. The van der Waals surface area contributed by atoms with Gasteiger partial charge in [0, 0.05) is 6.07 Å². The summed E-state index contributed by atoms with van der Waals surface area (Å²) >= 11 is 0. The Kier molecular flexibility index (Phi) is 5.37. The van der Waals surface area contributed by atoms with Crippen LogP contribution in [0.15, 0.2) is 52.6 Å². The van der Waals surface area contributed by atoms with Crippen LogP contribution in [-0.4, -0.2) is 28.2 Å². The SMILES string of the molecule is COc1cccc(OC)c1NC(=O)c1ccc(Oc2cc3c(cc2C)C=C[Si]3(C)C)o1. The van der Waals surface area contributed by atoms with Crippen LogP contribution < -0.4 is 24.7 Å². The Balaban J connectivity index is 1.54. The van der Waals surface area contributed by atoms with E-state index in [-0.39, 0.29) is 11.7 Å². The third-order valence-corrected chi connectivity index (χ3v) is 8.22. The van der Waals surface area contributed by atoms with Gasteiger partial charge in [0.1, 0.15) is 31.0 Å². The Morgan fingerprint density at radius 1 is 1.00 bits per heavy atom. The maximum absolute atomic E-state index is 12.7. The summed E-state index contributed by atoms with van der Waals surface area (Å²) in [5, 5.41) is 4.12. The van der Waals surface area contributed by atoms with Gasteiger partial charge in [-0.15, -0.1) is 0 Å². The molecule has 1 aliphatic heterocycles. The van der Waals surface area contributed by atoms with E-state index in [2.05, 4.69) is 42.3 Å². The minimum Gasteiger partial charge on any atom is -0.494 e. The summed E-state index contributed by atoms with van der Waals surface area (Å²) in [4.78, 5) is 12.7. The maximum atomic E-state index is 12.7. The lowest BCUT2D eigenvalue weighted by Gasteiger charge is -2.17. The van der Waals surface area contributed by atoms with Crippen molar-refractivity contribution < 1.29 is 23.4 Å². The van der Waals surface area contributed by atoms with E-state index in [9.17, 15) is 4.79 Å². The second kappa shape index (κ2) is 8.00. The molecule has 2 heterocycles. The zero-order chi connectivity index (χ0) is 22.2. The molecular formula is C24H25NO5Si. The van der Waals surface area contributed by atoms with Gasteiger partial charge in [-0.2, -0.15) is 0 Å². The third kappa shape index (κ3) is 3.96. The van der Waals surface area contributed by atoms with Crippen LogP contribution in [0.5, 0.6) is 23.2 Å². The van der Waals surface area contributed by atoms with Crippen LogP contribution in [-0.2, 0) is 0 Å². The number of carbonyl (C=O) groups is 1. The number of anilines is 1. The van der Waals surface area contributed by atoms with Crippen LogP contribution in [0.4, 0.5) is 5.69 Å². The fourth-order valence-corrected chi connectivity index (χ4v) is 5.84. The molecule has 0 fully saturated rings. The summed E-state index contributed by atoms with van der Waals surface area (Å²) in [5.41, 5.74) is 5.02. The molecule has 1 aliphatic rings. The van der Waals surface area contributed by atoms with Crippen LogP contribution in [0.25, 0.3) is 6.08 Å².